The van der Waals surface area contributed by atoms with Gasteiger partial charge in [0.1, 0.15) is 0 Å². The summed E-state index contributed by atoms with van der Waals surface area (Å²) < 4.78 is 0. The van der Waals surface area contributed by atoms with Crippen molar-refractivity contribution >= 4 is 11.8 Å². The maximum absolute atomic E-state index is 3.70. The normalized spacial score (nSPS) is 21.1. The monoisotopic (exact) mass is 263 g/mol. The summed E-state index contributed by atoms with van der Waals surface area (Å²) >= 11 is 2.13. The minimum atomic E-state index is 0.744. The summed E-state index contributed by atoms with van der Waals surface area (Å²) in [7, 11) is 0. The van der Waals surface area contributed by atoms with Crippen molar-refractivity contribution in [2.24, 2.45) is 5.92 Å². The van der Waals surface area contributed by atoms with Crippen LogP contribution >= 0.6 is 11.8 Å². The van der Waals surface area contributed by atoms with E-state index in [1.807, 2.05) is 0 Å². The molecule has 100 valence electrons. The van der Waals surface area contributed by atoms with Gasteiger partial charge in [0.2, 0.25) is 0 Å². The van der Waals surface area contributed by atoms with Crippen LogP contribution in [0.4, 0.5) is 0 Å². The second-order valence-electron chi connectivity index (χ2n) is 5.17. The first-order valence-electron chi connectivity index (χ1n) is 7.25. The molecule has 0 spiro atoms. The zero-order valence-corrected chi connectivity index (χ0v) is 12.2. The van der Waals surface area contributed by atoms with E-state index in [2.05, 4.69) is 54.3 Å². The summed E-state index contributed by atoms with van der Waals surface area (Å²) in [6.07, 6.45) is 5.27. The number of aryl methyl sites for hydroxylation is 1. The Morgan fingerprint density at radius 1 is 1.33 bits per heavy atom. The maximum atomic E-state index is 3.70. The lowest BCUT2D eigenvalue weighted by atomic mass is 9.93. The standard InChI is InChI=1S/C16H25NS/c1-2-17-16(15-11-12-18-13-15)10-6-9-14-7-4-3-5-8-14/h3-5,7-8,15-17H,2,6,9-13H2,1H3. The van der Waals surface area contributed by atoms with Gasteiger partial charge in [-0.25, -0.2) is 0 Å². The third-order valence-corrected chi connectivity index (χ3v) is 5.01. The largest absolute Gasteiger partial charge is 0.314 e. The highest BCUT2D eigenvalue weighted by Crippen LogP contribution is 2.28. The first kappa shape index (κ1) is 14.0. The van der Waals surface area contributed by atoms with Gasteiger partial charge in [0.05, 0.1) is 0 Å². The number of hydrogen-bond donors (Lipinski definition) is 1. The predicted molar refractivity (Wildman–Crippen MR) is 82.3 cm³/mol. The van der Waals surface area contributed by atoms with E-state index in [9.17, 15) is 0 Å². The molecule has 0 aliphatic carbocycles. The Kier molecular flexibility index (Phi) is 6.09. The molecular formula is C16H25NS. The van der Waals surface area contributed by atoms with Crippen molar-refractivity contribution in [3.8, 4) is 0 Å². The molecule has 2 atom stereocenters. The third kappa shape index (κ3) is 4.33. The van der Waals surface area contributed by atoms with Gasteiger partial charge < -0.3 is 5.32 Å². The predicted octanol–water partition coefficient (Wildman–Crippen LogP) is 3.74. The van der Waals surface area contributed by atoms with Crippen molar-refractivity contribution in [1.29, 1.82) is 0 Å². The second-order valence-corrected chi connectivity index (χ2v) is 6.32. The molecule has 18 heavy (non-hydrogen) atoms. The molecule has 2 heteroatoms. The van der Waals surface area contributed by atoms with E-state index in [1.54, 1.807) is 0 Å². The van der Waals surface area contributed by atoms with Crippen molar-refractivity contribution < 1.29 is 0 Å². The van der Waals surface area contributed by atoms with Crippen molar-refractivity contribution in [3.05, 3.63) is 35.9 Å². The minimum absolute atomic E-state index is 0.744. The van der Waals surface area contributed by atoms with Gasteiger partial charge in [-0.2, -0.15) is 11.8 Å². The van der Waals surface area contributed by atoms with Crippen LogP contribution in [0.5, 0.6) is 0 Å². The summed E-state index contributed by atoms with van der Waals surface area (Å²) in [5.74, 6) is 3.64. The SMILES string of the molecule is CCNC(CCCc1ccccc1)C1CCSC1. The lowest BCUT2D eigenvalue weighted by molar-refractivity contribution is 0.361. The minimum Gasteiger partial charge on any atom is -0.314 e. The lowest BCUT2D eigenvalue weighted by Crippen LogP contribution is -2.36. The van der Waals surface area contributed by atoms with Crippen LogP contribution in [0.1, 0.15) is 31.7 Å². The highest BCUT2D eigenvalue weighted by Gasteiger charge is 2.24. The van der Waals surface area contributed by atoms with Crippen LogP contribution in [-0.4, -0.2) is 24.1 Å². The molecule has 1 fully saturated rings. The number of nitrogens with one attached hydrogen (secondary N) is 1. The van der Waals surface area contributed by atoms with E-state index >= 15 is 0 Å². The highest BCUT2D eigenvalue weighted by molar-refractivity contribution is 7.99. The molecule has 1 aliphatic rings. The summed E-state index contributed by atoms with van der Waals surface area (Å²) in [4.78, 5) is 0. The molecule has 2 rings (SSSR count). The van der Waals surface area contributed by atoms with Gasteiger partial charge in [0.25, 0.3) is 0 Å². The van der Waals surface area contributed by atoms with Gasteiger partial charge >= 0.3 is 0 Å². The van der Waals surface area contributed by atoms with Crippen molar-refractivity contribution in [2.75, 3.05) is 18.1 Å². The second kappa shape index (κ2) is 7.85. The first-order valence-corrected chi connectivity index (χ1v) is 8.40. The molecule has 1 saturated heterocycles. The van der Waals surface area contributed by atoms with E-state index in [4.69, 9.17) is 0 Å². The molecule has 0 aromatic heterocycles. The molecule has 1 nitrogen and oxygen atoms in total. The topological polar surface area (TPSA) is 12.0 Å². The Balaban J connectivity index is 1.75. The molecule has 2 unspecified atom stereocenters. The zero-order valence-electron chi connectivity index (χ0n) is 11.4. The van der Waals surface area contributed by atoms with E-state index in [1.165, 1.54) is 42.8 Å². The molecule has 1 N–H and O–H groups in total. The fourth-order valence-electron chi connectivity index (χ4n) is 2.81. The number of hydrogen-bond acceptors (Lipinski definition) is 2. The fraction of sp³-hybridized carbons (Fsp3) is 0.625. The highest BCUT2D eigenvalue weighted by atomic mass is 32.2. The van der Waals surface area contributed by atoms with Gasteiger partial charge in [-0.15, -0.1) is 0 Å². The Bertz CT molecular complexity index is 319. The average molecular weight is 263 g/mol. The Hall–Kier alpha value is -0.470. The van der Waals surface area contributed by atoms with E-state index in [0.29, 0.717) is 0 Å². The van der Waals surface area contributed by atoms with Gasteiger partial charge in [0.15, 0.2) is 0 Å². The summed E-state index contributed by atoms with van der Waals surface area (Å²) in [6, 6.07) is 11.6. The smallest absolute Gasteiger partial charge is 0.0103 e. The van der Waals surface area contributed by atoms with Gasteiger partial charge in [0, 0.05) is 6.04 Å². The van der Waals surface area contributed by atoms with Crippen LogP contribution in [0.25, 0.3) is 0 Å². The van der Waals surface area contributed by atoms with Crippen molar-refractivity contribution in [3.63, 3.8) is 0 Å². The van der Waals surface area contributed by atoms with E-state index in [-0.39, 0.29) is 0 Å². The number of benzene rings is 1. The molecular weight excluding hydrogens is 238 g/mol. The van der Waals surface area contributed by atoms with Crippen LogP contribution in [0.2, 0.25) is 0 Å². The quantitative estimate of drug-likeness (QED) is 0.804. The Labute approximate surface area is 116 Å². The molecule has 1 aliphatic heterocycles. The molecule has 0 bridgehead atoms. The summed E-state index contributed by atoms with van der Waals surface area (Å²) in [5, 5.41) is 3.70. The Morgan fingerprint density at radius 3 is 2.83 bits per heavy atom. The summed E-state index contributed by atoms with van der Waals surface area (Å²) in [5.41, 5.74) is 1.48. The van der Waals surface area contributed by atoms with Gasteiger partial charge in [-0.3, -0.25) is 0 Å². The number of thioether (sulfide) groups is 1. The molecule has 0 amide bonds. The van der Waals surface area contributed by atoms with Crippen LogP contribution in [0.3, 0.4) is 0 Å². The molecule has 1 heterocycles. The van der Waals surface area contributed by atoms with Crippen LogP contribution in [0, 0.1) is 5.92 Å². The fourth-order valence-corrected chi connectivity index (χ4v) is 4.15. The third-order valence-electron chi connectivity index (χ3n) is 3.82. The zero-order chi connectivity index (χ0) is 12.6. The van der Waals surface area contributed by atoms with E-state index in [0.717, 1.165) is 18.5 Å². The van der Waals surface area contributed by atoms with E-state index < -0.39 is 0 Å². The summed E-state index contributed by atoms with van der Waals surface area (Å²) in [6.45, 7) is 3.34. The Morgan fingerprint density at radius 2 is 2.17 bits per heavy atom. The lowest BCUT2D eigenvalue weighted by Gasteiger charge is -2.23. The molecule has 1 aromatic rings. The van der Waals surface area contributed by atoms with Crippen LogP contribution < -0.4 is 5.32 Å². The van der Waals surface area contributed by atoms with Crippen LogP contribution in [0.15, 0.2) is 30.3 Å². The van der Waals surface area contributed by atoms with Gasteiger partial charge in [-0.1, -0.05) is 37.3 Å². The van der Waals surface area contributed by atoms with Crippen molar-refractivity contribution in [2.45, 2.75) is 38.6 Å². The van der Waals surface area contributed by atoms with Gasteiger partial charge in [-0.05, 0) is 55.2 Å². The molecule has 0 saturated carbocycles. The van der Waals surface area contributed by atoms with Crippen molar-refractivity contribution in [1.82, 2.24) is 5.32 Å². The number of rotatable bonds is 7. The van der Waals surface area contributed by atoms with Crippen LogP contribution in [-0.2, 0) is 6.42 Å². The first-order chi connectivity index (χ1) is 8.90. The molecule has 1 aromatic carbocycles. The average Bonchev–Trinajstić information content (AvgIpc) is 2.93. The maximum Gasteiger partial charge on any atom is 0.0103 e. The molecule has 0 radical (unpaired) electrons.